The van der Waals surface area contributed by atoms with Crippen molar-refractivity contribution in [3.8, 4) is 0 Å². The summed E-state index contributed by atoms with van der Waals surface area (Å²) in [6, 6.07) is 7.30. The summed E-state index contributed by atoms with van der Waals surface area (Å²) in [7, 11) is 0. The van der Waals surface area contributed by atoms with Gasteiger partial charge in [0.2, 0.25) is 0 Å². The highest BCUT2D eigenvalue weighted by Gasteiger charge is 2.35. The molecule has 1 nitrogen and oxygen atoms in total. The second kappa shape index (κ2) is 4.46. The minimum atomic E-state index is -4.28. The molecule has 0 heterocycles. The summed E-state index contributed by atoms with van der Waals surface area (Å²) in [4.78, 5) is 0. The predicted octanol–water partition coefficient (Wildman–Crippen LogP) is 2.51. The van der Waals surface area contributed by atoms with E-state index < -0.39 is 12.2 Å². The molecule has 1 atom stereocenters. The van der Waals surface area contributed by atoms with Crippen LogP contribution in [0, 0.1) is 0 Å². The lowest BCUT2D eigenvalue weighted by Gasteiger charge is -2.14. The summed E-state index contributed by atoms with van der Waals surface area (Å²) in [5, 5.41) is 0. The molecule has 0 aliphatic rings. The highest BCUT2D eigenvalue weighted by atomic mass is 19.4. The Bertz CT molecular complexity index is 268. The first kappa shape index (κ1) is 11.0. The van der Waals surface area contributed by atoms with E-state index in [0.717, 1.165) is 5.56 Å². The zero-order chi connectivity index (χ0) is 10.6. The second-order valence-electron chi connectivity index (χ2n) is 3.17. The molecule has 14 heavy (non-hydrogen) atoms. The van der Waals surface area contributed by atoms with Crippen LogP contribution in [0.3, 0.4) is 0 Å². The molecule has 0 spiro atoms. The monoisotopic (exact) mass is 203 g/mol. The molecule has 4 heteroatoms. The van der Waals surface area contributed by atoms with Crippen molar-refractivity contribution in [2.75, 3.05) is 0 Å². The van der Waals surface area contributed by atoms with Crippen LogP contribution in [0.15, 0.2) is 30.3 Å². The van der Waals surface area contributed by atoms with Gasteiger partial charge in [0, 0.05) is 0 Å². The molecule has 1 aromatic carbocycles. The van der Waals surface area contributed by atoms with Crippen molar-refractivity contribution in [1.29, 1.82) is 0 Å². The van der Waals surface area contributed by atoms with E-state index in [1.165, 1.54) is 0 Å². The van der Waals surface area contributed by atoms with Crippen molar-refractivity contribution < 1.29 is 13.2 Å². The van der Waals surface area contributed by atoms with E-state index in [0.29, 0.717) is 6.42 Å². The summed E-state index contributed by atoms with van der Waals surface area (Å²) < 4.78 is 36.1. The molecule has 0 aliphatic carbocycles. The molecule has 0 amide bonds. The minimum Gasteiger partial charge on any atom is -0.320 e. The maximum atomic E-state index is 12.0. The van der Waals surface area contributed by atoms with Crippen molar-refractivity contribution >= 4 is 0 Å². The molecular formula is C10H12F3N. The topological polar surface area (TPSA) is 26.0 Å². The van der Waals surface area contributed by atoms with Crippen molar-refractivity contribution in [1.82, 2.24) is 0 Å². The van der Waals surface area contributed by atoms with Gasteiger partial charge in [-0.1, -0.05) is 30.3 Å². The predicted molar refractivity (Wildman–Crippen MR) is 48.8 cm³/mol. The van der Waals surface area contributed by atoms with Crippen LogP contribution in [0.2, 0.25) is 0 Å². The van der Waals surface area contributed by atoms with E-state index >= 15 is 0 Å². The number of nitrogens with two attached hydrogens (primary N) is 1. The Morgan fingerprint density at radius 3 is 2.21 bits per heavy atom. The van der Waals surface area contributed by atoms with Gasteiger partial charge >= 0.3 is 6.18 Å². The summed E-state index contributed by atoms with van der Waals surface area (Å²) in [6.45, 7) is 0. The molecule has 2 N–H and O–H groups in total. The van der Waals surface area contributed by atoms with Gasteiger partial charge in [-0.3, -0.25) is 0 Å². The zero-order valence-electron chi connectivity index (χ0n) is 7.59. The molecule has 0 bridgehead atoms. The Labute approximate surface area is 80.7 Å². The van der Waals surface area contributed by atoms with Crippen molar-refractivity contribution in [3.63, 3.8) is 0 Å². The maximum absolute atomic E-state index is 12.0. The number of alkyl halides is 3. The molecular weight excluding hydrogens is 191 g/mol. The van der Waals surface area contributed by atoms with E-state index in [4.69, 9.17) is 5.73 Å². The summed E-state index contributed by atoms with van der Waals surface area (Å²) in [5.74, 6) is 0. The zero-order valence-corrected chi connectivity index (χ0v) is 7.59. The number of halogens is 3. The molecule has 78 valence electrons. The van der Waals surface area contributed by atoms with Gasteiger partial charge in [0.15, 0.2) is 0 Å². The minimum absolute atomic E-state index is 0.0620. The Morgan fingerprint density at radius 2 is 1.71 bits per heavy atom. The van der Waals surface area contributed by atoms with Gasteiger partial charge in [0.05, 0.1) is 0 Å². The summed E-state index contributed by atoms with van der Waals surface area (Å²) >= 11 is 0. The van der Waals surface area contributed by atoms with Gasteiger partial charge in [0.25, 0.3) is 0 Å². The number of hydrogen-bond donors (Lipinski definition) is 1. The van der Waals surface area contributed by atoms with E-state index in [-0.39, 0.29) is 6.42 Å². The molecule has 0 aromatic heterocycles. The maximum Gasteiger partial charge on any atom is 0.403 e. The third kappa shape index (κ3) is 3.38. The Morgan fingerprint density at radius 1 is 1.14 bits per heavy atom. The van der Waals surface area contributed by atoms with Crippen LogP contribution in [-0.4, -0.2) is 12.2 Å². The molecule has 0 radical (unpaired) electrons. The molecule has 0 aliphatic heterocycles. The SMILES string of the molecule is N[C@@H](CCc1ccccc1)C(F)(F)F. The average molecular weight is 203 g/mol. The molecule has 0 saturated heterocycles. The average Bonchev–Trinajstić information content (AvgIpc) is 2.14. The Hall–Kier alpha value is -1.03. The summed E-state index contributed by atoms with van der Waals surface area (Å²) in [5.41, 5.74) is 5.86. The highest BCUT2D eigenvalue weighted by molar-refractivity contribution is 5.14. The number of benzene rings is 1. The third-order valence-corrected chi connectivity index (χ3v) is 2.01. The van der Waals surface area contributed by atoms with Gasteiger partial charge in [0.1, 0.15) is 6.04 Å². The molecule has 1 rings (SSSR count). The van der Waals surface area contributed by atoms with Crippen LogP contribution < -0.4 is 5.73 Å². The quantitative estimate of drug-likeness (QED) is 0.802. The van der Waals surface area contributed by atoms with Crippen LogP contribution in [0.5, 0.6) is 0 Å². The van der Waals surface area contributed by atoms with Crippen molar-refractivity contribution in [3.05, 3.63) is 35.9 Å². The van der Waals surface area contributed by atoms with Crippen LogP contribution >= 0.6 is 0 Å². The fourth-order valence-electron chi connectivity index (χ4n) is 1.13. The van der Waals surface area contributed by atoms with E-state index in [9.17, 15) is 13.2 Å². The van der Waals surface area contributed by atoms with Gasteiger partial charge < -0.3 is 5.73 Å². The first-order valence-corrected chi connectivity index (χ1v) is 4.36. The van der Waals surface area contributed by atoms with E-state index in [1.807, 2.05) is 6.07 Å². The smallest absolute Gasteiger partial charge is 0.320 e. The van der Waals surface area contributed by atoms with Gasteiger partial charge in [-0.05, 0) is 18.4 Å². The second-order valence-corrected chi connectivity index (χ2v) is 3.17. The first-order valence-electron chi connectivity index (χ1n) is 4.36. The summed E-state index contributed by atoms with van der Waals surface area (Å²) in [6.07, 6.45) is -3.98. The van der Waals surface area contributed by atoms with Gasteiger partial charge in [-0.2, -0.15) is 13.2 Å². The standard InChI is InChI=1S/C10H12F3N/c11-10(12,13)9(14)7-6-8-4-2-1-3-5-8/h1-5,9H,6-7,14H2/t9-/m0/s1. The number of aryl methyl sites for hydroxylation is 1. The lowest BCUT2D eigenvalue weighted by atomic mass is 10.1. The van der Waals surface area contributed by atoms with Crippen LogP contribution in [0.25, 0.3) is 0 Å². The number of hydrogen-bond acceptors (Lipinski definition) is 1. The van der Waals surface area contributed by atoms with Crippen molar-refractivity contribution in [2.24, 2.45) is 5.73 Å². The Balaban J connectivity index is 2.42. The van der Waals surface area contributed by atoms with Crippen LogP contribution in [-0.2, 0) is 6.42 Å². The fourth-order valence-corrected chi connectivity index (χ4v) is 1.13. The van der Waals surface area contributed by atoms with Crippen molar-refractivity contribution in [2.45, 2.75) is 25.1 Å². The lowest BCUT2D eigenvalue weighted by Crippen LogP contribution is -2.37. The van der Waals surface area contributed by atoms with Gasteiger partial charge in [-0.25, -0.2) is 0 Å². The molecule has 0 fully saturated rings. The molecule has 0 saturated carbocycles. The third-order valence-electron chi connectivity index (χ3n) is 2.01. The van der Waals surface area contributed by atoms with Crippen LogP contribution in [0.1, 0.15) is 12.0 Å². The molecule has 1 aromatic rings. The highest BCUT2D eigenvalue weighted by Crippen LogP contribution is 2.21. The molecule has 0 unspecified atom stereocenters. The Kier molecular flexibility index (Phi) is 3.52. The normalized spacial score (nSPS) is 14.0. The lowest BCUT2D eigenvalue weighted by molar-refractivity contribution is -0.148. The van der Waals surface area contributed by atoms with E-state index in [2.05, 4.69) is 0 Å². The first-order chi connectivity index (χ1) is 6.50. The van der Waals surface area contributed by atoms with Gasteiger partial charge in [-0.15, -0.1) is 0 Å². The number of rotatable bonds is 3. The van der Waals surface area contributed by atoms with Crippen LogP contribution in [0.4, 0.5) is 13.2 Å². The largest absolute Gasteiger partial charge is 0.403 e. The van der Waals surface area contributed by atoms with E-state index in [1.54, 1.807) is 24.3 Å². The fraction of sp³-hybridized carbons (Fsp3) is 0.400.